The van der Waals surface area contributed by atoms with Gasteiger partial charge in [0.2, 0.25) is 10.0 Å². The van der Waals surface area contributed by atoms with E-state index in [9.17, 15) is 26.4 Å². The number of sulfonamides is 1. The summed E-state index contributed by atoms with van der Waals surface area (Å²) in [6, 6.07) is 10.0. The van der Waals surface area contributed by atoms with E-state index in [4.69, 9.17) is 0 Å². The Morgan fingerprint density at radius 2 is 1.79 bits per heavy atom. The smallest absolute Gasteiger partial charge is 0.268 e. The Balaban J connectivity index is 1.60. The zero-order valence-corrected chi connectivity index (χ0v) is 16.5. The second-order valence-corrected chi connectivity index (χ2v) is 8.75. The molecule has 29 heavy (non-hydrogen) atoms. The van der Waals surface area contributed by atoms with Gasteiger partial charge in [0.15, 0.2) is 0 Å². The molecule has 1 aromatic carbocycles. The normalized spacial score (nSPS) is 12.2. The van der Waals surface area contributed by atoms with E-state index in [0.29, 0.717) is 17.8 Å². The molecule has 0 spiro atoms. The Morgan fingerprint density at radius 3 is 2.41 bits per heavy atom. The summed E-state index contributed by atoms with van der Waals surface area (Å²) < 4.78 is 65.7. The molecular formula is C18H16F3N3O3S2. The molecule has 0 unspecified atom stereocenters. The Morgan fingerprint density at radius 1 is 1.07 bits per heavy atom. The summed E-state index contributed by atoms with van der Waals surface area (Å²) in [5.41, 5.74) is -0.589. The van der Waals surface area contributed by atoms with Crippen molar-refractivity contribution in [2.45, 2.75) is 24.0 Å². The van der Waals surface area contributed by atoms with Gasteiger partial charge in [-0.15, -0.1) is 11.3 Å². The number of halogens is 3. The molecule has 0 saturated heterocycles. The first-order valence-electron chi connectivity index (χ1n) is 8.46. The zero-order chi connectivity index (χ0) is 21.1. The number of benzene rings is 1. The van der Waals surface area contributed by atoms with Crippen LogP contribution in [-0.2, 0) is 22.7 Å². The number of aromatic nitrogens is 2. The molecule has 0 aliphatic heterocycles. The van der Waals surface area contributed by atoms with Crippen LogP contribution in [0.2, 0.25) is 0 Å². The van der Waals surface area contributed by atoms with Crippen molar-refractivity contribution < 1.29 is 21.6 Å². The Hall–Kier alpha value is -2.50. The van der Waals surface area contributed by atoms with Crippen molar-refractivity contribution in [1.82, 2.24) is 14.5 Å². The van der Waals surface area contributed by atoms with E-state index in [1.165, 1.54) is 22.1 Å². The van der Waals surface area contributed by atoms with Crippen LogP contribution in [0.4, 0.5) is 13.2 Å². The minimum absolute atomic E-state index is 0.000700. The third-order valence-corrected chi connectivity index (χ3v) is 6.34. The van der Waals surface area contributed by atoms with Crippen molar-refractivity contribution in [2.24, 2.45) is 0 Å². The molecule has 2 heterocycles. The van der Waals surface area contributed by atoms with Crippen molar-refractivity contribution in [1.29, 1.82) is 0 Å². The summed E-state index contributed by atoms with van der Waals surface area (Å²) >= 11 is 1.48. The highest BCUT2D eigenvalue weighted by Gasteiger charge is 2.30. The maximum Gasteiger partial charge on any atom is 0.416 e. The summed E-state index contributed by atoms with van der Waals surface area (Å²) in [4.78, 5) is 12.6. The van der Waals surface area contributed by atoms with Gasteiger partial charge in [-0.05, 0) is 48.2 Å². The van der Waals surface area contributed by atoms with Gasteiger partial charge in [0.25, 0.3) is 5.56 Å². The highest BCUT2D eigenvalue weighted by Crippen LogP contribution is 2.29. The van der Waals surface area contributed by atoms with Crippen LogP contribution in [-0.4, -0.2) is 24.7 Å². The molecular weight excluding hydrogens is 427 g/mol. The van der Waals surface area contributed by atoms with Crippen LogP contribution >= 0.6 is 11.3 Å². The van der Waals surface area contributed by atoms with Gasteiger partial charge in [-0.1, -0.05) is 6.07 Å². The largest absolute Gasteiger partial charge is 0.416 e. The molecule has 0 fully saturated rings. The second kappa shape index (κ2) is 8.47. The van der Waals surface area contributed by atoms with E-state index in [2.05, 4.69) is 9.82 Å². The van der Waals surface area contributed by atoms with Crippen LogP contribution in [0, 0.1) is 0 Å². The molecule has 3 aromatic rings. The fourth-order valence-electron chi connectivity index (χ4n) is 2.51. The second-order valence-electron chi connectivity index (χ2n) is 6.03. The highest BCUT2D eigenvalue weighted by molar-refractivity contribution is 7.89. The first-order valence-corrected chi connectivity index (χ1v) is 10.8. The van der Waals surface area contributed by atoms with Gasteiger partial charge in [-0.25, -0.2) is 17.8 Å². The minimum Gasteiger partial charge on any atom is -0.268 e. The van der Waals surface area contributed by atoms with Gasteiger partial charge < -0.3 is 0 Å². The van der Waals surface area contributed by atoms with Crippen molar-refractivity contribution in [3.63, 3.8) is 0 Å². The predicted octanol–water partition coefficient (Wildman–Crippen LogP) is 3.36. The molecule has 1 N–H and O–H groups in total. The van der Waals surface area contributed by atoms with Crippen LogP contribution < -0.4 is 10.3 Å². The standard InChI is InChI=1S/C18H16F3N3O3S2/c19-18(20,21)13-4-6-14(7-5-13)29(26,27)22-10-2-11-24-17(25)9-8-15(23-24)16-3-1-12-28-16/h1,3-9,12,22H,2,10-11H2. The molecule has 0 aliphatic rings. The number of thiophene rings is 1. The highest BCUT2D eigenvalue weighted by atomic mass is 32.2. The summed E-state index contributed by atoms with van der Waals surface area (Å²) in [7, 11) is -3.95. The van der Waals surface area contributed by atoms with Crippen LogP contribution in [0.3, 0.4) is 0 Å². The predicted molar refractivity (Wildman–Crippen MR) is 103 cm³/mol. The van der Waals surface area contributed by atoms with Crippen molar-refractivity contribution in [2.75, 3.05) is 6.54 Å². The Bertz CT molecular complexity index is 1120. The van der Waals surface area contributed by atoms with E-state index in [0.717, 1.165) is 17.0 Å². The number of hydrogen-bond donors (Lipinski definition) is 1. The maximum atomic E-state index is 12.6. The molecule has 154 valence electrons. The van der Waals surface area contributed by atoms with Crippen molar-refractivity contribution in [3.05, 3.63) is 69.8 Å². The fourth-order valence-corrected chi connectivity index (χ4v) is 4.27. The first kappa shape index (κ1) is 21.2. The van der Waals surface area contributed by atoms with E-state index in [-0.39, 0.29) is 30.0 Å². The van der Waals surface area contributed by atoms with Gasteiger partial charge in [0, 0.05) is 19.2 Å². The van der Waals surface area contributed by atoms with E-state index in [1.807, 2.05) is 17.5 Å². The number of hydrogen-bond acceptors (Lipinski definition) is 5. The molecule has 0 amide bonds. The lowest BCUT2D eigenvalue weighted by atomic mass is 10.2. The summed E-state index contributed by atoms with van der Waals surface area (Å²) in [5.74, 6) is 0. The van der Waals surface area contributed by atoms with Crippen LogP contribution in [0.1, 0.15) is 12.0 Å². The number of rotatable bonds is 7. The number of alkyl halides is 3. The molecule has 3 rings (SSSR count). The van der Waals surface area contributed by atoms with Crippen molar-refractivity contribution in [3.8, 4) is 10.6 Å². The van der Waals surface area contributed by atoms with Gasteiger partial charge in [-0.3, -0.25) is 4.79 Å². The Kier molecular flexibility index (Phi) is 6.20. The summed E-state index contributed by atoms with van der Waals surface area (Å²) in [6.45, 7) is 0.189. The average molecular weight is 443 g/mol. The first-order chi connectivity index (χ1) is 13.7. The van der Waals surface area contributed by atoms with E-state index >= 15 is 0 Å². The molecule has 0 atom stereocenters. The molecule has 0 bridgehead atoms. The third-order valence-electron chi connectivity index (χ3n) is 3.97. The molecule has 0 saturated carbocycles. The van der Waals surface area contributed by atoms with E-state index < -0.39 is 21.8 Å². The van der Waals surface area contributed by atoms with Crippen LogP contribution in [0.25, 0.3) is 10.6 Å². The fraction of sp³-hybridized carbons (Fsp3) is 0.222. The quantitative estimate of drug-likeness (QED) is 0.568. The van der Waals surface area contributed by atoms with Gasteiger partial charge in [0.05, 0.1) is 15.3 Å². The van der Waals surface area contributed by atoms with Gasteiger partial charge >= 0.3 is 6.18 Å². The lowest BCUT2D eigenvalue weighted by molar-refractivity contribution is -0.137. The molecule has 11 heteroatoms. The lowest BCUT2D eigenvalue weighted by Crippen LogP contribution is -2.28. The van der Waals surface area contributed by atoms with Crippen molar-refractivity contribution >= 4 is 21.4 Å². The zero-order valence-electron chi connectivity index (χ0n) is 14.9. The maximum absolute atomic E-state index is 12.6. The summed E-state index contributed by atoms with van der Waals surface area (Å²) in [5, 5.41) is 6.16. The number of nitrogens with one attached hydrogen (secondary N) is 1. The van der Waals surface area contributed by atoms with E-state index in [1.54, 1.807) is 6.07 Å². The molecule has 0 aliphatic carbocycles. The molecule has 0 radical (unpaired) electrons. The SMILES string of the molecule is O=c1ccc(-c2cccs2)nn1CCCNS(=O)(=O)c1ccc(C(F)(F)F)cc1. The van der Waals surface area contributed by atoms with Gasteiger partial charge in [0.1, 0.15) is 5.69 Å². The average Bonchev–Trinajstić information content (AvgIpc) is 3.21. The molecule has 6 nitrogen and oxygen atoms in total. The lowest BCUT2D eigenvalue weighted by Gasteiger charge is -2.10. The van der Waals surface area contributed by atoms with Crippen LogP contribution in [0.5, 0.6) is 0 Å². The minimum atomic E-state index is -4.53. The topological polar surface area (TPSA) is 81.1 Å². The summed E-state index contributed by atoms with van der Waals surface area (Å²) in [6.07, 6.45) is -4.26. The molecule has 2 aromatic heterocycles. The monoisotopic (exact) mass is 443 g/mol. The van der Waals surface area contributed by atoms with Crippen LogP contribution in [0.15, 0.2) is 63.6 Å². The Labute approximate surface area is 168 Å². The third kappa shape index (κ3) is 5.31. The van der Waals surface area contributed by atoms with Gasteiger partial charge in [-0.2, -0.15) is 18.3 Å². The number of nitrogens with zero attached hydrogens (tertiary/aromatic N) is 2. The number of aryl methyl sites for hydroxylation is 1.